The van der Waals surface area contributed by atoms with Gasteiger partial charge in [0, 0.05) is 24.3 Å². The van der Waals surface area contributed by atoms with Crippen LogP contribution < -0.4 is 10.1 Å². The van der Waals surface area contributed by atoms with E-state index in [0.717, 1.165) is 17.8 Å². The molecule has 0 spiro atoms. The zero-order chi connectivity index (χ0) is 13.8. The zero-order valence-electron chi connectivity index (χ0n) is 11.8. The van der Waals surface area contributed by atoms with Crippen LogP contribution in [0.1, 0.15) is 31.1 Å². The van der Waals surface area contributed by atoms with Gasteiger partial charge in [0.2, 0.25) is 5.88 Å². The van der Waals surface area contributed by atoms with Crippen molar-refractivity contribution in [2.75, 3.05) is 7.05 Å². The first kappa shape index (κ1) is 13.5. The van der Waals surface area contributed by atoms with E-state index >= 15 is 0 Å². The predicted octanol–water partition coefficient (Wildman–Crippen LogP) is 2.68. The third kappa shape index (κ3) is 3.54. The van der Waals surface area contributed by atoms with Crippen LogP contribution in [0, 0.1) is 6.92 Å². The van der Waals surface area contributed by atoms with Crippen molar-refractivity contribution >= 4 is 0 Å². The highest BCUT2D eigenvalue weighted by molar-refractivity contribution is 5.28. The van der Waals surface area contributed by atoms with Gasteiger partial charge in [-0.15, -0.1) is 0 Å². The number of hydrogen-bond acceptors (Lipinski definition) is 4. The number of nitrogens with zero attached hydrogens (tertiary/aromatic N) is 3. The van der Waals surface area contributed by atoms with Crippen LogP contribution in [-0.4, -0.2) is 21.8 Å². The molecule has 0 bridgehead atoms. The molecule has 0 aliphatic carbocycles. The first-order valence-electron chi connectivity index (χ1n) is 6.42. The van der Waals surface area contributed by atoms with Gasteiger partial charge in [-0.05, 0) is 39.4 Å². The van der Waals surface area contributed by atoms with Crippen LogP contribution in [0.2, 0.25) is 0 Å². The molecule has 2 aromatic rings. The van der Waals surface area contributed by atoms with E-state index in [0.29, 0.717) is 17.7 Å². The molecule has 2 rings (SSSR count). The van der Waals surface area contributed by atoms with Gasteiger partial charge < -0.3 is 10.1 Å². The van der Waals surface area contributed by atoms with Gasteiger partial charge in [-0.2, -0.15) is 5.10 Å². The van der Waals surface area contributed by atoms with Crippen molar-refractivity contribution in [1.82, 2.24) is 20.1 Å². The lowest BCUT2D eigenvalue weighted by atomic mass is 10.2. The fourth-order valence-corrected chi connectivity index (χ4v) is 1.84. The first-order chi connectivity index (χ1) is 9.08. The predicted molar refractivity (Wildman–Crippen MR) is 74.4 cm³/mol. The number of rotatable bonds is 5. The quantitative estimate of drug-likeness (QED) is 0.898. The molecule has 2 aromatic heterocycles. The standard InChI is InChI=1S/C14H20N4O/c1-10(2)18-9-13(8-16-18)19-14-6-12(7-15-4)5-11(3)17-14/h5-6,8-10,15H,7H2,1-4H3. The number of hydrogen-bond donors (Lipinski definition) is 1. The Morgan fingerprint density at radius 2 is 2.16 bits per heavy atom. The Morgan fingerprint density at radius 3 is 2.79 bits per heavy atom. The summed E-state index contributed by atoms with van der Waals surface area (Å²) in [6.07, 6.45) is 3.59. The summed E-state index contributed by atoms with van der Waals surface area (Å²) >= 11 is 0. The number of aryl methyl sites for hydroxylation is 1. The fourth-order valence-electron chi connectivity index (χ4n) is 1.84. The van der Waals surface area contributed by atoms with Crippen LogP contribution >= 0.6 is 0 Å². The Labute approximate surface area is 113 Å². The van der Waals surface area contributed by atoms with Gasteiger partial charge in [-0.3, -0.25) is 4.68 Å². The highest BCUT2D eigenvalue weighted by Crippen LogP contribution is 2.21. The van der Waals surface area contributed by atoms with Gasteiger partial charge in [-0.1, -0.05) is 0 Å². The summed E-state index contributed by atoms with van der Waals surface area (Å²) in [6.45, 7) is 6.91. The molecule has 2 heterocycles. The minimum absolute atomic E-state index is 0.322. The van der Waals surface area contributed by atoms with Gasteiger partial charge in [0.25, 0.3) is 0 Å². The average Bonchev–Trinajstić information content (AvgIpc) is 2.77. The van der Waals surface area contributed by atoms with Gasteiger partial charge in [0.1, 0.15) is 0 Å². The molecule has 0 aromatic carbocycles. The van der Waals surface area contributed by atoms with E-state index in [9.17, 15) is 0 Å². The lowest BCUT2D eigenvalue weighted by molar-refractivity contribution is 0.457. The van der Waals surface area contributed by atoms with Crippen LogP contribution in [0.3, 0.4) is 0 Å². The van der Waals surface area contributed by atoms with E-state index in [1.807, 2.05) is 37.0 Å². The van der Waals surface area contributed by atoms with E-state index < -0.39 is 0 Å². The molecule has 1 N–H and O–H groups in total. The summed E-state index contributed by atoms with van der Waals surface area (Å²) < 4.78 is 7.62. The van der Waals surface area contributed by atoms with Crippen LogP contribution in [0.25, 0.3) is 0 Å². The van der Waals surface area contributed by atoms with Crippen molar-refractivity contribution in [2.45, 2.75) is 33.4 Å². The fraction of sp³-hybridized carbons (Fsp3) is 0.429. The average molecular weight is 260 g/mol. The van der Waals surface area contributed by atoms with Crippen LogP contribution in [0.5, 0.6) is 11.6 Å². The maximum absolute atomic E-state index is 5.75. The van der Waals surface area contributed by atoms with E-state index in [1.165, 1.54) is 0 Å². The summed E-state index contributed by atoms with van der Waals surface area (Å²) in [5.41, 5.74) is 2.10. The Hall–Kier alpha value is -1.88. The molecule has 102 valence electrons. The van der Waals surface area contributed by atoms with E-state index in [-0.39, 0.29) is 0 Å². The summed E-state index contributed by atoms with van der Waals surface area (Å²) in [6, 6.07) is 4.31. The van der Waals surface area contributed by atoms with Gasteiger partial charge in [0.05, 0.1) is 12.4 Å². The topological polar surface area (TPSA) is 52.0 Å². The normalized spacial score (nSPS) is 11.0. The summed E-state index contributed by atoms with van der Waals surface area (Å²) in [4.78, 5) is 4.38. The van der Waals surface area contributed by atoms with Crippen LogP contribution in [0.4, 0.5) is 0 Å². The number of aromatic nitrogens is 3. The molecule has 0 unspecified atom stereocenters. The molecule has 5 heteroatoms. The lowest BCUT2D eigenvalue weighted by Gasteiger charge is -2.07. The number of ether oxygens (including phenoxy) is 1. The largest absolute Gasteiger partial charge is 0.436 e. The molecule has 0 amide bonds. The van der Waals surface area contributed by atoms with Crippen molar-refractivity contribution in [1.29, 1.82) is 0 Å². The molecular formula is C14H20N4O. The second kappa shape index (κ2) is 5.84. The third-order valence-electron chi connectivity index (χ3n) is 2.70. The molecule has 0 saturated carbocycles. The van der Waals surface area contributed by atoms with Gasteiger partial charge in [-0.25, -0.2) is 4.98 Å². The van der Waals surface area contributed by atoms with Gasteiger partial charge in [0.15, 0.2) is 5.75 Å². The Kier molecular flexibility index (Phi) is 4.16. The maximum atomic E-state index is 5.75. The van der Waals surface area contributed by atoms with E-state index in [4.69, 9.17) is 4.74 Å². The van der Waals surface area contributed by atoms with Crippen molar-refractivity contribution in [2.24, 2.45) is 0 Å². The third-order valence-corrected chi connectivity index (χ3v) is 2.70. The minimum atomic E-state index is 0.322. The summed E-state index contributed by atoms with van der Waals surface area (Å²) in [5.74, 6) is 1.32. The highest BCUT2D eigenvalue weighted by atomic mass is 16.5. The first-order valence-corrected chi connectivity index (χ1v) is 6.42. The highest BCUT2D eigenvalue weighted by Gasteiger charge is 2.06. The van der Waals surface area contributed by atoms with Crippen molar-refractivity contribution in [3.8, 4) is 11.6 Å². The molecule has 0 fully saturated rings. The van der Waals surface area contributed by atoms with E-state index in [2.05, 4.69) is 29.2 Å². The van der Waals surface area contributed by atoms with Crippen LogP contribution in [0.15, 0.2) is 24.5 Å². The monoisotopic (exact) mass is 260 g/mol. The maximum Gasteiger partial charge on any atom is 0.219 e. The second-order valence-electron chi connectivity index (χ2n) is 4.84. The Balaban J connectivity index is 2.17. The van der Waals surface area contributed by atoms with Crippen molar-refractivity contribution in [3.05, 3.63) is 35.8 Å². The molecule has 0 radical (unpaired) electrons. The molecular weight excluding hydrogens is 240 g/mol. The Bertz CT molecular complexity index is 548. The summed E-state index contributed by atoms with van der Waals surface area (Å²) in [5, 5.41) is 7.37. The molecule has 0 saturated heterocycles. The molecule has 19 heavy (non-hydrogen) atoms. The van der Waals surface area contributed by atoms with E-state index in [1.54, 1.807) is 6.20 Å². The van der Waals surface area contributed by atoms with Crippen LogP contribution in [-0.2, 0) is 6.54 Å². The molecule has 5 nitrogen and oxygen atoms in total. The molecule has 0 aliphatic heterocycles. The zero-order valence-corrected chi connectivity index (χ0v) is 11.8. The minimum Gasteiger partial charge on any atom is -0.436 e. The van der Waals surface area contributed by atoms with Crippen molar-refractivity contribution in [3.63, 3.8) is 0 Å². The van der Waals surface area contributed by atoms with Crippen molar-refractivity contribution < 1.29 is 4.74 Å². The molecule has 0 aliphatic rings. The lowest BCUT2D eigenvalue weighted by Crippen LogP contribution is -2.06. The molecule has 0 atom stereocenters. The number of nitrogens with one attached hydrogen (secondary N) is 1. The second-order valence-corrected chi connectivity index (χ2v) is 4.84. The SMILES string of the molecule is CNCc1cc(C)nc(Oc2cnn(C(C)C)c2)c1. The van der Waals surface area contributed by atoms with Gasteiger partial charge >= 0.3 is 0 Å². The summed E-state index contributed by atoms with van der Waals surface area (Å²) in [7, 11) is 1.92. The Morgan fingerprint density at radius 1 is 1.37 bits per heavy atom. The number of pyridine rings is 1. The smallest absolute Gasteiger partial charge is 0.219 e.